The van der Waals surface area contributed by atoms with E-state index in [1.165, 1.54) is 11.3 Å². The second kappa shape index (κ2) is 8.73. The molecule has 0 unspecified atom stereocenters. The molecule has 1 aromatic carbocycles. The van der Waals surface area contributed by atoms with Gasteiger partial charge < -0.3 is 16.8 Å². The highest BCUT2D eigenvalue weighted by molar-refractivity contribution is 7.13. The van der Waals surface area contributed by atoms with E-state index in [1.807, 2.05) is 43.6 Å². The van der Waals surface area contributed by atoms with Crippen LogP contribution in [0.1, 0.15) is 42.0 Å². The van der Waals surface area contributed by atoms with Gasteiger partial charge in [-0.15, -0.1) is 11.3 Å². The molecule has 0 radical (unpaired) electrons. The molecule has 0 fully saturated rings. The molecule has 0 saturated carbocycles. The average molecular weight is 436 g/mol. The Hall–Kier alpha value is -3.46. The molecule has 3 heterocycles. The molecular formula is C22H25N7OS. The number of aromatic amines is 1. The second-order valence-electron chi connectivity index (χ2n) is 7.72. The molecule has 9 heteroatoms. The molecule has 0 atom stereocenters. The number of nitrogens with two attached hydrogens (primary N) is 2. The Bertz CT molecular complexity index is 1210. The van der Waals surface area contributed by atoms with E-state index in [1.54, 1.807) is 6.20 Å². The molecule has 31 heavy (non-hydrogen) atoms. The number of rotatable bonds is 8. The van der Waals surface area contributed by atoms with Crippen molar-refractivity contribution in [2.24, 2.45) is 5.73 Å². The lowest BCUT2D eigenvalue weighted by Gasteiger charge is -2.19. The van der Waals surface area contributed by atoms with E-state index in [0.717, 1.165) is 46.3 Å². The molecule has 0 saturated heterocycles. The zero-order valence-electron chi connectivity index (χ0n) is 17.5. The number of fused-ring (bicyclic) bond motifs is 1. The summed E-state index contributed by atoms with van der Waals surface area (Å²) in [4.78, 5) is 21.6. The number of hydrogen-bond donors (Lipinski definition) is 4. The number of carbonyl (C=O) groups excluding carboxylic acids is 1. The quantitative estimate of drug-likeness (QED) is 0.333. The largest absolute Gasteiger partial charge is 0.382 e. The third-order valence-electron chi connectivity index (χ3n) is 4.99. The summed E-state index contributed by atoms with van der Waals surface area (Å²) in [6.45, 7) is 4.06. The van der Waals surface area contributed by atoms with E-state index in [9.17, 15) is 4.79 Å². The van der Waals surface area contributed by atoms with Crippen LogP contribution in [-0.2, 0) is 12.8 Å². The fraction of sp³-hybridized carbons (Fsp3) is 0.273. The Balaban J connectivity index is 1.76. The standard InChI is InChI=1S/C22H25N7OS/c1-12(2)27-20-16-8-13(14-9-25-26-10-14)6-7-17(16)29-18(19(20)21(23)30)5-3-4-15-11-31-22(24)28-15/h6-12H,3-5H2,1-2H3,(H2,23,30)(H2,24,28)(H,25,26)(H,27,29). The Morgan fingerprint density at radius 2 is 2.06 bits per heavy atom. The number of benzene rings is 1. The van der Waals surface area contributed by atoms with Gasteiger partial charge >= 0.3 is 0 Å². The smallest absolute Gasteiger partial charge is 0.252 e. The minimum absolute atomic E-state index is 0.118. The number of H-pyrrole nitrogens is 1. The summed E-state index contributed by atoms with van der Waals surface area (Å²) in [6.07, 6.45) is 5.76. The van der Waals surface area contributed by atoms with Gasteiger partial charge in [-0.3, -0.25) is 14.9 Å². The van der Waals surface area contributed by atoms with Gasteiger partial charge in [0.05, 0.1) is 34.4 Å². The summed E-state index contributed by atoms with van der Waals surface area (Å²) in [5.41, 5.74) is 17.1. The first-order valence-corrected chi connectivity index (χ1v) is 11.0. The van der Waals surface area contributed by atoms with Gasteiger partial charge in [-0.1, -0.05) is 6.07 Å². The average Bonchev–Trinajstić information content (AvgIpc) is 3.39. The fourth-order valence-corrected chi connectivity index (χ4v) is 4.26. The fourth-order valence-electron chi connectivity index (χ4n) is 3.66. The van der Waals surface area contributed by atoms with Crippen molar-refractivity contribution in [3.05, 3.63) is 52.9 Å². The molecule has 6 N–H and O–H groups in total. The number of primary amides is 1. The third kappa shape index (κ3) is 4.51. The molecule has 4 rings (SSSR count). The van der Waals surface area contributed by atoms with Gasteiger partial charge in [0, 0.05) is 28.6 Å². The number of hydrogen-bond acceptors (Lipinski definition) is 7. The van der Waals surface area contributed by atoms with Crippen molar-refractivity contribution in [2.75, 3.05) is 11.1 Å². The first kappa shape index (κ1) is 20.8. The zero-order valence-corrected chi connectivity index (χ0v) is 18.3. The van der Waals surface area contributed by atoms with Gasteiger partial charge in [0.2, 0.25) is 0 Å². The number of pyridine rings is 1. The van der Waals surface area contributed by atoms with Crippen LogP contribution >= 0.6 is 11.3 Å². The lowest BCUT2D eigenvalue weighted by atomic mass is 9.98. The van der Waals surface area contributed by atoms with Crippen LogP contribution in [0.4, 0.5) is 10.8 Å². The molecule has 1 amide bonds. The third-order valence-corrected chi connectivity index (χ3v) is 5.71. The van der Waals surface area contributed by atoms with Gasteiger partial charge in [0.15, 0.2) is 5.13 Å². The van der Waals surface area contributed by atoms with E-state index in [4.69, 9.17) is 16.5 Å². The van der Waals surface area contributed by atoms with Crippen molar-refractivity contribution in [3.63, 3.8) is 0 Å². The molecule has 0 aliphatic carbocycles. The van der Waals surface area contributed by atoms with Gasteiger partial charge in [0.1, 0.15) is 0 Å². The minimum Gasteiger partial charge on any atom is -0.382 e. The summed E-state index contributed by atoms with van der Waals surface area (Å²) in [5.74, 6) is -0.487. The first-order valence-electron chi connectivity index (χ1n) is 10.1. The predicted octanol–water partition coefficient (Wildman–Crippen LogP) is 3.76. The molecule has 4 aromatic rings. The summed E-state index contributed by atoms with van der Waals surface area (Å²) in [5, 5.41) is 13.7. The van der Waals surface area contributed by atoms with Crippen molar-refractivity contribution in [1.82, 2.24) is 20.2 Å². The van der Waals surface area contributed by atoms with Gasteiger partial charge in [0.25, 0.3) is 5.91 Å². The number of nitrogen functional groups attached to an aromatic ring is 1. The predicted molar refractivity (Wildman–Crippen MR) is 125 cm³/mol. The lowest BCUT2D eigenvalue weighted by Crippen LogP contribution is -2.21. The minimum atomic E-state index is -0.487. The van der Waals surface area contributed by atoms with Crippen LogP contribution in [0.3, 0.4) is 0 Å². The molecule has 0 spiro atoms. The van der Waals surface area contributed by atoms with E-state index < -0.39 is 5.91 Å². The number of aryl methyl sites for hydroxylation is 2. The number of anilines is 2. The monoisotopic (exact) mass is 435 g/mol. The van der Waals surface area contributed by atoms with Crippen molar-refractivity contribution in [3.8, 4) is 11.1 Å². The number of nitrogens with zero attached hydrogens (tertiary/aromatic N) is 3. The first-order chi connectivity index (χ1) is 14.9. The summed E-state index contributed by atoms with van der Waals surface area (Å²) in [6, 6.07) is 6.11. The molecule has 3 aromatic heterocycles. The topological polar surface area (TPSA) is 136 Å². The molecular weight excluding hydrogens is 410 g/mol. The van der Waals surface area contributed by atoms with E-state index in [2.05, 4.69) is 20.5 Å². The highest BCUT2D eigenvalue weighted by atomic mass is 32.1. The zero-order chi connectivity index (χ0) is 22.0. The summed E-state index contributed by atoms with van der Waals surface area (Å²) >= 11 is 1.43. The van der Waals surface area contributed by atoms with Crippen LogP contribution in [0.15, 0.2) is 36.0 Å². The van der Waals surface area contributed by atoms with Gasteiger partial charge in [-0.05, 0) is 50.8 Å². The van der Waals surface area contributed by atoms with Crippen molar-refractivity contribution >= 4 is 39.0 Å². The maximum absolute atomic E-state index is 12.5. The highest BCUT2D eigenvalue weighted by Gasteiger charge is 2.20. The van der Waals surface area contributed by atoms with Crippen LogP contribution in [0.5, 0.6) is 0 Å². The maximum atomic E-state index is 12.5. The Kier molecular flexibility index (Phi) is 5.85. The van der Waals surface area contributed by atoms with Crippen molar-refractivity contribution in [2.45, 2.75) is 39.2 Å². The van der Waals surface area contributed by atoms with Crippen LogP contribution in [0.25, 0.3) is 22.0 Å². The molecule has 0 bridgehead atoms. The van der Waals surface area contributed by atoms with E-state index in [-0.39, 0.29) is 6.04 Å². The van der Waals surface area contributed by atoms with Crippen molar-refractivity contribution < 1.29 is 4.79 Å². The second-order valence-corrected chi connectivity index (χ2v) is 8.61. The van der Waals surface area contributed by atoms with E-state index >= 15 is 0 Å². The number of nitrogens with one attached hydrogen (secondary N) is 2. The van der Waals surface area contributed by atoms with Crippen LogP contribution in [0, 0.1) is 0 Å². The normalized spacial score (nSPS) is 11.3. The molecule has 160 valence electrons. The number of aromatic nitrogens is 4. The van der Waals surface area contributed by atoms with Gasteiger partial charge in [-0.2, -0.15) is 5.10 Å². The number of carbonyl (C=O) groups is 1. The molecule has 0 aliphatic rings. The molecule has 8 nitrogen and oxygen atoms in total. The van der Waals surface area contributed by atoms with Crippen LogP contribution < -0.4 is 16.8 Å². The SMILES string of the molecule is CC(C)Nc1c(C(N)=O)c(CCCc2csc(N)n2)nc2ccc(-c3cn[nH]c3)cc12. The number of thiazole rings is 1. The van der Waals surface area contributed by atoms with Crippen molar-refractivity contribution in [1.29, 1.82) is 0 Å². The van der Waals surface area contributed by atoms with Gasteiger partial charge in [-0.25, -0.2) is 4.98 Å². The van der Waals surface area contributed by atoms with E-state index in [0.29, 0.717) is 22.8 Å². The maximum Gasteiger partial charge on any atom is 0.252 e. The Morgan fingerprint density at radius 1 is 1.23 bits per heavy atom. The number of amides is 1. The van der Waals surface area contributed by atoms with Crippen LogP contribution in [0.2, 0.25) is 0 Å². The van der Waals surface area contributed by atoms with Crippen LogP contribution in [-0.4, -0.2) is 32.1 Å². The Morgan fingerprint density at radius 3 is 2.71 bits per heavy atom. The molecule has 0 aliphatic heterocycles. The summed E-state index contributed by atoms with van der Waals surface area (Å²) < 4.78 is 0. The highest BCUT2D eigenvalue weighted by Crippen LogP contribution is 2.33. The summed E-state index contributed by atoms with van der Waals surface area (Å²) in [7, 11) is 0. The lowest BCUT2D eigenvalue weighted by molar-refractivity contribution is 0.1000. The Labute approximate surface area is 184 Å².